The van der Waals surface area contributed by atoms with Crippen LogP contribution in [0.3, 0.4) is 0 Å². The Morgan fingerprint density at radius 3 is 1.85 bits per heavy atom. The van der Waals surface area contributed by atoms with Crippen molar-refractivity contribution in [3.05, 3.63) is 124 Å². The number of hydrogen-bond acceptors (Lipinski definition) is 4. The molecule has 2 bridgehead atoms. The van der Waals surface area contributed by atoms with Crippen molar-refractivity contribution in [2.24, 2.45) is 11.8 Å². The first kappa shape index (κ1) is 32.4. The van der Waals surface area contributed by atoms with Crippen molar-refractivity contribution < 1.29 is 19.1 Å². The van der Waals surface area contributed by atoms with E-state index in [0.29, 0.717) is 43.0 Å². The zero-order chi connectivity index (χ0) is 33.8. The average Bonchev–Trinajstić information content (AvgIpc) is 3.34. The second kappa shape index (κ2) is 12.4. The van der Waals surface area contributed by atoms with Crippen LogP contribution in [0.4, 0.5) is 5.69 Å². The van der Waals surface area contributed by atoms with Crippen LogP contribution in [-0.4, -0.2) is 29.2 Å². The molecule has 4 aliphatic rings. The van der Waals surface area contributed by atoms with Gasteiger partial charge >= 0.3 is 0 Å². The van der Waals surface area contributed by atoms with Crippen LogP contribution < -0.4 is 10.1 Å². The third kappa shape index (κ3) is 5.12. The molecule has 0 aromatic heterocycles. The Bertz CT molecular complexity index is 1800. The molecule has 246 valence electrons. The van der Waals surface area contributed by atoms with E-state index >= 15 is 0 Å². The summed E-state index contributed by atoms with van der Waals surface area (Å²) in [5.41, 5.74) is 6.15. The maximum Gasteiger partial charge on any atom is 0.235 e. The highest BCUT2D eigenvalue weighted by Gasteiger charge is 2.72. The van der Waals surface area contributed by atoms with Crippen LogP contribution in [0.25, 0.3) is 0 Å². The fourth-order valence-corrected chi connectivity index (χ4v) is 8.94. The molecule has 0 radical (unpaired) electrons. The van der Waals surface area contributed by atoms with E-state index in [1.165, 1.54) is 4.90 Å². The number of ether oxygens (including phenoxy) is 1. The summed E-state index contributed by atoms with van der Waals surface area (Å²) in [6.07, 6.45) is 2.21. The Labute approximate surface area is 291 Å². The van der Waals surface area contributed by atoms with Gasteiger partial charge in [0.15, 0.2) is 0 Å². The van der Waals surface area contributed by atoms with Crippen LogP contribution in [0.5, 0.6) is 11.5 Å². The van der Waals surface area contributed by atoms with E-state index in [1.54, 1.807) is 0 Å². The van der Waals surface area contributed by atoms with Crippen molar-refractivity contribution in [1.29, 1.82) is 0 Å². The van der Waals surface area contributed by atoms with E-state index in [2.05, 4.69) is 31.3 Å². The fraction of sp³-hybridized carbons (Fsp3) is 0.325. The Kier molecular flexibility index (Phi) is 8.37. The highest BCUT2D eigenvalue weighted by Crippen LogP contribution is 2.69. The lowest BCUT2D eigenvalue weighted by atomic mass is 9.54. The summed E-state index contributed by atoms with van der Waals surface area (Å²) >= 11 is 15.0. The molecule has 8 rings (SSSR count). The molecule has 0 unspecified atom stereocenters. The van der Waals surface area contributed by atoms with E-state index in [4.69, 9.17) is 27.9 Å². The topological polar surface area (TPSA) is 75.7 Å². The summed E-state index contributed by atoms with van der Waals surface area (Å²) < 4.78 is 6.17. The van der Waals surface area contributed by atoms with Gasteiger partial charge in [0.05, 0.1) is 11.8 Å². The van der Waals surface area contributed by atoms with E-state index in [-0.39, 0.29) is 24.3 Å². The number of alkyl halides is 2. The Morgan fingerprint density at radius 1 is 0.792 bits per heavy atom. The second-order valence-corrected chi connectivity index (χ2v) is 14.7. The number of rotatable bonds is 10. The van der Waals surface area contributed by atoms with Crippen LogP contribution >= 0.6 is 23.2 Å². The predicted octanol–water partition coefficient (Wildman–Crippen LogP) is 9.00. The van der Waals surface area contributed by atoms with Gasteiger partial charge in [-0.15, -0.1) is 23.2 Å². The Balaban J connectivity index is 0.943. The quantitative estimate of drug-likeness (QED) is 0.103. The molecule has 1 N–H and O–H groups in total. The number of nitrogens with one attached hydrogen (secondary N) is 1. The van der Waals surface area contributed by atoms with E-state index < -0.39 is 21.6 Å². The normalized spacial score (nSPS) is 23.6. The molecular formula is C40H38Cl2N2O4. The SMILES string of the molecule is Cc1ccc(C(C)C)c(Oc2ccc(NC(=O)CCCCCN3C(=O)[C@@H]4[C@@H](C3=O)C3(Cl)c5ccccc5C4(Cl)c4ccccc43)cc2)c1. The number of nitrogens with zero attached hydrogens (tertiary/aromatic N) is 1. The highest BCUT2D eigenvalue weighted by atomic mass is 35.5. The summed E-state index contributed by atoms with van der Waals surface area (Å²) in [6, 6.07) is 28.9. The molecule has 0 spiro atoms. The van der Waals surface area contributed by atoms with Gasteiger partial charge in [-0.25, -0.2) is 0 Å². The molecule has 4 aromatic carbocycles. The lowest BCUT2D eigenvalue weighted by Gasteiger charge is -2.54. The molecule has 1 aliphatic heterocycles. The van der Waals surface area contributed by atoms with Gasteiger partial charge in [-0.3, -0.25) is 19.3 Å². The zero-order valence-corrected chi connectivity index (χ0v) is 28.8. The predicted molar refractivity (Wildman–Crippen MR) is 189 cm³/mol. The van der Waals surface area contributed by atoms with Crippen molar-refractivity contribution in [2.75, 3.05) is 11.9 Å². The molecule has 6 nitrogen and oxygen atoms in total. The summed E-state index contributed by atoms with van der Waals surface area (Å²) in [7, 11) is 0. The third-order valence-electron chi connectivity index (χ3n) is 10.1. The van der Waals surface area contributed by atoms with Gasteiger partial charge in [-0.1, -0.05) is 80.9 Å². The molecule has 3 amide bonds. The first-order valence-electron chi connectivity index (χ1n) is 16.7. The fourth-order valence-electron chi connectivity index (χ4n) is 7.84. The molecule has 3 aliphatic carbocycles. The van der Waals surface area contributed by atoms with Gasteiger partial charge in [0.2, 0.25) is 17.7 Å². The maximum atomic E-state index is 14.0. The summed E-state index contributed by atoms with van der Waals surface area (Å²) in [6.45, 7) is 6.58. The smallest absolute Gasteiger partial charge is 0.235 e. The minimum Gasteiger partial charge on any atom is -0.457 e. The van der Waals surface area contributed by atoms with Crippen molar-refractivity contribution in [2.45, 2.75) is 62.1 Å². The minimum atomic E-state index is -1.17. The molecular weight excluding hydrogens is 643 g/mol. The first-order valence-corrected chi connectivity index (χ1v) is 17.4. The summed E-state index contributed by atoms with van der Waals surface area (Å²) in [5.74, 6) is -0.345. The number of anilines is 1. The number of halogens is 2. The Hall–Kier alpha value is -4.13. The largest absolute Gasteiger partial charge is 0.457 e. The number of carbonyl (C=O) groups excluding carboxylic acids is 3. The van der Waals surface area contributed by atoms with Gasteiger partial charge in [-0.05, 0) is 89.4 Å². The van der Waals surface area contributed by atoms with Gasteiger partial charge in [-0.2, -0.15) is 0 Å². The van der Waals surface area contributed by atoms with Crippen LogP contribution in [0.1, 0.15) is 78.8 Å². The lowest BCUT2D eigenvalue weighted by Crippen LogP contribution is -2.57. The third-order valence-corrected chi connectivity index (χ3v) is 11.4. The number of benzene rings is 4. The maximum absolute atomic E-state index is 14.0. The van der Waals surface area contributed by atoms with Crippen molar-refractivity contribution in [1.82, 2.24) is 4.90 Å². The molecule has 2 atom stereocenters. The Morgan fingerprint density at radius 2 is 1.33 bits per heavy atom. The molecule has 1 fully saturated rings. The van der Waals surface area contributed by atoms with Crippen molar-refractivity contribution in [3.8, 4) is 11.5 Å². The van der Waals surface area contributed by atoms with Crippen LogP contribution in [0.15, 0.2) is 91.0 Å². The number of imide groups is 1. The summed E-state index contributed by atoms with van der Waals surface area (Å²) in [5, 5.41) is 2.95. The summed E-state index contributed by atoms with van der Waals surface area (Å²) in [4.78, 5) is 39.6. The van der Waals surface area contributed by atoms with E-state index in [1.807, 2.05) is 85.8 Å². The molecule has 1 saturated heterocycles. The molecule has 4 aromatic rings. The van der Waals surface area contributed by atoms with Crippen LogP contribution in [0.2, 0.25) is 0 Å². The van der Waals surface area contributed by atoms with Crippen molar-refractivity contribution in [3.63, 3.8) is 0 Å². The minimum absolute atomic E-state index is 0.0935. The zero-order valence-electron chi connectivity index (χ0n) is 27.3. The number of likely N-dealkylation sites (tertiary alicyclic amines) is 1. The number of unbranched alkanes of at least 4 members (excludes halogenated alkanes) is 2. The van der Waals surface area contributed by atoms with E-state index in [9.17, 15) is 14.4 Å². The molecule has 8 heteroatoms. The van der Waals surface area contributed by atoms with Gasteiger partial charge < -0.3 is 10.1 Å². The van der Waals surface area contributed by atoms with E-state index in [0.717, 1.165) is 39.1 Å². The molecule has 1 heterocycles. The standard InChI is InChI=1S/C40H38Cl2N2O4/c1-24(2)28-21-16-25(3)23-33(28)48-27-19-17-26(18-20-27)43-34(45)15-5-4-10-22-44-37(46)35-36(38(44)47)40(42)30-12-7-6-11-29(30)39(35,41)31-13-8-9-14-32(31)40/h6-9,11-14,16-21,23-24,35-36H,4-5,10,15,22H2,1-3H3,(H,43,45)/t35-,36-,39?,40?/m0/s1. The second-order valence-electron chi connectivity index (χ2n) is 13.5. The van der Waals surface area contributed by atoms with Gasteiger partial charge in [0.1, 0.15) is 21.2 Å². The van der Waals surface area contributed by atoms with Crippen LogP contribution in [-0.2, 0) is 24.1 Å². The number of amides is 3. The monoisotopic (exact) mass is 680 g/mol. The van der Waals surface area contributed by atoms with Crippen LogP contribution in [0, 0.1) is 18.8 Å². The first-order chi connectivity index (χ1) is 23.0. The number of hydrogen-bond donors (Lipinski definition) is 1. The number of aryl methyl sites for hydroxylation is 1. The van der Waals surface area contributed by atoms with Gasteiger partial charge in [0.25, 0.3) is 0 Å². The lowest BCUT2D eigenvalue weighted by molar-refractivity contribution is -0.140. The molecule has 48 heavy (non-hydrogen) atoms. The number of carbonyl (C=O) groups is 3. The molecule has 0 saturated carbocycles. The highest BCUT2D eigenvalue weighted by molar-refractivity contribution is 6.36. The average molecular weight is 682 g/mol. The van der Waals surface area contributed by atoms with Gasteiger partial charge in [0, 0.05) is 18.7 Å². The van der Waals surface area contributed by atoms with Crippen molar-refractivity contribution >= 4 is 46.6 Å².